The first-order valence-corrected chi connectivity index (χ1v) is 4.98. The molecule has 1 heteroatoms. The first kappa shape index (κ1) is 9.53. The number of anilines is 1. The molecule has 0 saturated carbocycles. The first-order chi connectivity index (χ1) is 7.45. The molecule has 1 nitrogen and oxygen atoms in total. The summed E-state index contributed by atoms with van der Waals surface area (Å²) in [7, 11) is 0. The minimum Gasteiger partial charge on any atom is -0.362 e. The highest BCUT2D eigenvalue weighted by Gasteiger charge is 1.84. The summed E-state index contributed by atoms with van der Waals surface area (Å²) >= 11 is 0. The van der Waals surface area contributed by atoms with Gasteiger partial charge in [-0.15, -0.1) is 0 Å². The summed E-state index contributed by atoms with van der Waals surface area (Å²) in [5, 5.41) is 3.21. The molecule has 2 rings (SSSR count). The third-order valence-corrected chi connectivity index (χ3v) is 2.10. The molecule has 0 unspecified atom stereocenters. The van der Waals surface area contributed by atoms with Crippen LogP contribution in [0.5, 0.6) is 0 Å². The van der Waals surface area contributed by atoms with Crippen LogP contribution in [0.4, 0.5) is 5.69 Å². The zero-order valence-electron chi connectivity index (χ0n) is 8.43. The Hall–Kier alpha value is -2.02. The molecular formula is C14H13N. The summed E-state index contributed by atoms with van der Waals surface area (Å²) in [4.78, 5) is 0. The van der Waals surface area contributed by atoms with E-state index in [-0.39, 0.29) is 0 Å². The fourth-order valence-corrected chi connectivity index (χ4v) is 1.33. The van der Waals surface area contributed by atoms with Crippen molar-refractivity contribution in [3.63, 3.8) is 0 Å². The van der Waals surface area contributed by atoms with Gasteiger partial charge >= 0.3 is 0 Å². The quantitative estimate of drug-likeness (QED) is 0.786. The van der Waals surface area contributed by atoms with Gasteiger partial charge in [-0.2, -0.15) is 0 Å². The Kier molecular flexibility index (Phi) is 3.18. The van der Waals surface area contributed by atoms with Crippen LogP contribution in [0.15, 0.2) is 66.9 Å². The Balaban J connectivity index is 1.97. The Bertz CT molecular complexity index is 418. The second-order valence-corrected chi connectivity index (χ2v) is 3.25. The fourth-order valence-electron chi connectivity index (χ4n) is 1.33. The molecule has 0 aromatic heterocycles. The monoisotopic (exact) mass is 195 g/mol. The van der Waals surface area contributed by atoms with E-state index in [0.717, 1.165) is 5.69 Å². The summed E-state index contributed by atoms with van der Waals surface area (Å²) in [6.07, 6.45) is 4.00. The van der Waals surface area contributed by atoms with Gasteiger partial charge in [-0.1, -0.05) is 48.5 Å². The third-order valence-electron chi connectivity index (χ3n) is 2.10. The lowest BCUT2D eigenvalue weighted by Crippen LogP contribution is -1.85. The number of hydrogen-bond donors (Lipinski definition) is 1. The van der Waals surface area contributed by atoms with E-state index in [0.29, 0.717) is 0 Å². The van der Waals surface area contributed by atoms with Crippen molar-refractivity contribution >= 4 is 11.8 Å². The van der Waals surface area contributed by atoms with Gasteiger partial charge in [-0.3, -0.25) is 0 Å². The zero-order chi connectivity index (χ0) is 10.3. The Morgan fingerprint density at radius 3 is 2.00 bits per heavy atom. The highest BCUT2D eigenvalue weighted by atomic mass is 14.8. The molecule has 0 heterocycles. The van der Waals surface area contributed by atoms with Crippen molar-refractivity contribution in [3.8, 4) is 0 Å². The van der Waals surface area contributed by atoms with Crippen molar-refractivity contribution in [2.75, 3.05) is 5.32 Å². The van der Waals surface area contributed by atoms with Crippen molar-refractivity contribution in [1.29, 1.82) is 0 Å². The van der Waals surface area contributed by atoms with E-state index < -0.39 is 0 Å². The highest BCUT2D eigenvalue weighted by Crippen LogP contribution is 2.06. The number of hydrogen-bond acceptors (Lipinski definition) is 1. The van der Waals surface area contributed by atoms with Gasteiger partial charge in [0.25, 0.3) is 0 Å². The molecule has 0 radical (unpaired) electrons. The molecule has 0 saturated heterocycles. The summed E-state index contributed by atoms with van der Waals surface area (Å²) in [5.41, 5.74) is 2.30. The maximum atomic E-state index is 3.21. The smallest absolute Gasteiger partial charge is 0.0379 e. The van der Waals surface area contributed by atoms with E-state index >= 15 is 0 Å². The molecule has 74 valence electrons. The van der Waals surface area contributed by atoms with Gasteiger partial charge in [0.05, 0.1) is 0 Å². The summed E-state index contributed by atoms with van der Waals surface area (Å²) in [6.45, 7) is 0. The summed E-state index contributed by atoms with van der Waals surface area (Å²) < 4.78 is 0. The second kappa shape index (κ2) is 5.01. The van der Waals surface area contributed by atoms with E-state index in [4.69, 9.17) is 0 Å². The van der Waals surface area contributed by atoms with Crippen molar-refractivity contribution in [2.24, 2.45) is 0 Å². The molecule has 0 fully saturated rings. The van der Waals surface area contributed by atoms with Gasteiger partial charge < -0.3 is 5.32 Å². The minimum atomic E-state index is 1.10. The Morgan fingerprint density at radius 1 is 0.733 bits per heavy atom. The molecule has 0 aliphatic carbocycles. The molecule has 0 aliphatic heterocycles. The number of nitrogens with one attached hydrogen (secondary N) is 1. The summed E-state index contributed by atoms with van der Waals surface area (Å²) in [6, 6.07) is 20.3. The van der Waals surface area contributed by atoms with Crippen LogP contribution in [-0.4, -0.2) is 0 Å². The predicted molar refractivity (Wildman–Crippen MR) is 65.5 cm³/mol. The topological polar surface area (TPSA) is 12.0 Å². The van der Waals surface area contributed by atoms with Gasteiger partial charge in [-0.05, 0) is 23.8 Å². The van der Waals surface area contributed by atoms with E-state index in [9.17, 15) is 0 Å². The van der Waals surface area contributed by atoms with Gasteiger partial charge in [0, 0.05) is 11.9 Å². The number of benzene rings is 2. The molecule has 0 spiro atoms. The number of rotatable bonds is 3. The van der Waals surface area contributed by atoms with Gasteiger partial charge in [-0.25, -0.2) is 0 Å². The van der Waals surface area contributed by atoms with Crippen LogP contribution >= 0.6 is 0 Å². The lowest BCUT2D eigenvalue weighted by Gasteiger charge is -1.98. The normalized spacial score (nSPS) is 10.4. The highest BCUT2D eigenvalue weighted by molar-refractivity contribution is 5.54. The van der Waals surface area contributed by atoms with Crippen molar-refractivity contribution in [3.05, 3.63) is 72.4 Å². The molecule has 0 atom stereocenters. The number of para-hydroxylation sites is 1. The minimum absolute atomic E-state index is 1.10. The Labute approximate surface area is 90.1 Å². The van der Waals surface area contributed by atoms with Crippen LogP contribution in [0, 0.1) is 0 Å². The lowest BCUT2D eigenvalue weighted by molar-refractivity contribution is 1.58. The maximum Gasteiger partial charge on any atom is 0.0379 e. The van der Waals surface area contributed by atoms with Crippen molar-refractivity contribution in [1.82, 2.24) is 0 Å². The van der Waals surface area contributed by atoms with Crippen LogP contribution in [0.1, 0.15) is 5.56 Å². The van der Waals surface area contributed by atoms with Crippen LogP contribution in [0.25, 0.3) is 6.08 Å². The van der Waals surface area contributed by atoms with Gasteiger partial charge in [0.2, 0.25) is 0 Å². The molecule has 15 heavy (non-hydrogen) atoms. The second-order valence-electron chi connectivity index (χ2n) is 3.25. The SMILES string of the molecule is C(=C/c1ccccc1)/Nc1ccccc1. The van der Waals surface area contributed by atoms with Crippen molar-refractivity contribution < 1.29 is 0 Å². The van der Waals surface area contributed by atoms with Crippen LogP contribution in [0.3, 0.4) is 0 Å². The predicted octanol–water partition coefficient (Wildman–Crippen LogP) is 3.77. The van der Waals surface area contributed by atoms with Crippen LogP contribution in [-0.2, 0) is 0 Å². The van der Waals surface area contributed by atoms with E-state index in [1.54, 1.807) is 0 Å². The Morgan fingerprint density at radius 2 is 1.33 bits per heavy atom. The molecule has 0 aliphatic rings. The van der Waals surface area contributed by atoms with E-state index in [1.165, 1.54) is 5.56 Å². The maximum absolute atomic E-state index is 3.21. The molecular weight excluding hydrogens is 182 g/mol. The van der Waals surface area contributed by atoms with Gasteiger partial charge in [0.1, 0.15) is 0 Å². The molecule has 2 aromatic rings. The van der Waals surface area contributed by atoms with Crippen LogP contribution in [0.2, 0.25) is 0 Å². The zero-order valence-corrected chi connectivity index (χ0v) is 8.43. The van der Waals surface area contributed by atoms with Crippen LogP contribution < -0.4 is 5.32 Å². The molecule has 1 N–H and O–H groups in total. The van der Waals surface area contributed by atoms with E-state index in [2.05, 4.69) is 17.4 Å². The molecule has 2 aromatic carbocycles. The molecule has 0 bridgehead atoms. The summed E-state index contributed by atoms with van der Waals surface area (Å²) in [5.74, 6) is 0. The van der Waals surface area contributed by atoms with Crippen molar-refractivity contribution in [2.45, 2.75) is 0 Å². The molecule has 0 amide bonds. The average molecular weight is 195 g/mol. The van der Waals surface area contributed by atoms with Gasteiger partial charge in [0.15, 0.2) is 0 Å². The standard InChI is InChI=1S/C14H13N/c1-3-7-13(8-4-1)11-12-15-14-9-5-2-6-10-14/h1-12,15H/b12-11-. The first-order valence-electron chi connectivity index (χ1n) is 4.98. The average Bonchev–Trinajstić information content (AvgIpc) is 2.32. The fraction of sp³-hybridized carbons (Fsp3) is 0. The third kappa shape index (κ3) is 2.99. The lowest BCUT2D eigenvalue weighted by atomic mass is 10.2. The largest absolute Gasteiger partial charge is 0.362 e. The van der Waals surface area contributed by atoms with E-state index in [1.807, 2.05) is 60.8 Å².